The fourth-order valence-electron chi connectivity index (χ4n) is 4.29. The quantitative estimate of drug-likeness (QED) is 0.616. The molecule has 0 saturated carbocycles. The Bertz CT molecular complexity index is 1240. The highest BCUT2D eigenvalue weighted by Gasteiger charge is 2.25. The van der Waals surface area contributed by atoms with Crippen molar-refractivity contribution in [3.63, 3.8) is 0 Å². The van der Waals surface area contributed by atoms with Gasteiger partial charge in [-0.1, -0.05) is 24.3 Å². The second-order valence-corrected chi connectivity index (χ2v) is 8.00. The van der Waals surface area contributed by atoms with E-state index >= 15 is 0 Å². The number of benzene rings is 3. The number of ether oxygens (including phenoxy) is 1. The van der Waals surface area contributed by atoms with Crippen LogP contribution in [-0.2, 0) is 22.6 Å². The number of hydrogen-bond acceptors (Lipinski definition) is 5. The Balaban J connectivity index is 1.22. The molecule has 0 bridgehead atoms. The molecule has 2 heterocycles. The van der Waals surface area contributed by atoms with E-state index in [9.17, 15) is 9.59 Å². The van der Waals surface area contributed by atoms with Crippen LogP contribution in [0.2, 0.25) is 0 Å². The molecule has 3 aromatic rings. The number of amides is 1. The van der Waals surface area contributed by atoms with Crippen molar-refractivity contribution in [3.8, 4) is 6.07 Å². The SMILES string of the molecule is N#Cc1ccc2cc(N3CCN(CCc4ccc5c(c4)COC5=O)CC3=O)ccc2c1. The van der Waals surface area contributed by atoms with E-state index < -0.39 is 0 Å². The highest BCUT2D eigenvalue weighted by Crippen LogP contribution is 2.25. The van der Waals surface area contributed by atoms with Crippen molar-refractivity contribution in [1.29, 1.82) is 5.26 Å². The number of nitriles is 1. The van der Waals surface area contributed by atoms with Crippen LogP contribution in [0.15, 0.2) is 54.6 Å². The molecule has 5 rings (SSSR count). The van der Waals surface area contributed by atoms with Crippen molar-refractivity contribution in [2.45, 2.75) is 13.0 Å². The Kier molecular flexibility index (Phi) is 4.89. The van der Waals surface area contributed by atoms with E-state index in [0.29, 0.717) is 30.8 Å². The molecule has 0 radical (unpaired) electrons. The summed E-state index contributed by atoms with van der Waals surface area (Å²) in [7, 11) is 0. The average molecular weight is 411 g/mol. The first kappa shape index (κ1) is 19.3. The van der Waals surface area contributed by atoms with Crippen LogP contribution in [0.3, 0.4) is 0 Å². The second-order valence-electron chi connectivity index (χ2n) is 8.00. The number of fused-ring (bicyclic) bond motifs is 2. The van der Waals surface area contributed by atoms with Gasteiger partial charge in [-0.25, -0.2) is 4.79 Å². The number of hydrogen-bond donors (Lipinski definition) is 0. The summed E-state index contributed by atoms with van der Waals surface area (Å²) in [6.45, 7) is 2.99. The van der Waals surface area contributed by atoms with Crippen molar-refractivity contribution in [1.82, 2.24) is 4.90 Å². The minimum atomic E-state index is -0.248. The summed E-state index contributed by atoms with van der Waals surface area (Å²) in [5, 5.41) is 11.1. The van der Waals surface area contributed by atoms with E-state index in [1.54, 1.807) is 6.07 Å². The Morgan fingerprint density at radius 1 is 0.968 bits per heavy atom. The number of esters is 1. The van der Waals surface area contributed by atoms with Crippen LogP contribution in [-0.4, -0.2) is 43.0 Å². The molecule has 3 aromatic carbocycles. The molecule has 31 heavy (non-hydrogen) atoms. The number of anilines is 1. The van der Waals surface area contributed by atoms with Crippen molar-refractivity contribution in [2.75, 3.05) is 31.1 Å². The fourth-order valence-corrected chi connectivity index (χ4v) is 4.29. The van der Waals surface area contributed by atoms with E-state index in [1.807, 2.05) is 53.4 Å². The maximum atomic E-state index is 12.8. The molecule has 0 aromatic heterocycles. The van der Waals surface area contributed by atoms with Gasteiger partial charge in [0.05, 0.1) is 23.7 Å². The smallest absolute Gasteiger partial charge is 0.338 e. The first-order valence-electron chi connectivity index (χ1n) is 10.4. The zero-order valence-electron chi connectivity index (χ0n) is 17.0. The summed E-state index contributed by atoms with van der Waals surface area (Å²) in [6, 6.07) is 19.5. The highest BCUT2D eigenvalue weighted by molar-refractivity contribution is 5.98. The third-order valence-electron chi connectivity index (χ3n) is 6.03. The lowest BCUT2D eigenvalue weighted by molar-refractivity contribution is -0.121. The number of cyclic esters (lactones) is 1. The molecule has 1 fully saturated rings. The molecule has 2 aliphatic heterocycles. The van der Waals surface area contributed by atoms with Crippen LogP contribution in [0.25, 0.3) is 10.8 Å². The number of piperazine rings is 1. The van der Waals surface area contributed by atoms with Gasteiger partial charge in [-0.15, -0.1) is 0 Å². The van der Waals surface area contributed by atoms with E-state index in [1.165, 1.54) is 0 Å². The highest BCUT2D eigenvalue weighted by atomic mass is 16.5. The van der Waals surface area contributed by atoms with E-state index in [0.717, 1.165) is 47.1 Å². The van der Waals surface area contributed by atoms with Gasteiger partial charge in [0.1, 0.15) is 6.61 Å². The third kappa shape index (κ3) is 3.76. The predicted molar refractivity (Wildman–Crippen MR) is 117 cm³/mol. The number of rotatable bonds is 4. The van der Waals surface area contributed by atoms with E-state index in [-0.39, 0.29) is 11.9 Å². The first-order chi connectivity index (χ1) is 15.1. The molecule has 0 N–H and O–H groups in total. The normalized spacial score (nSPS) is 16.3. The third-order valence-corrected chi connectivity index (χ3v) is 6.03. The van der Waals surface area contributed by atoms with Crippen LogP contribution in [0.1, 0.15) is 27.0 Å². The van der Waals surface area contributed by atoms with Crippen LogP contribution >= 0.6 is 0 Å². The maximum absolute atomic E-state index is 12.8. The summed E-state index contributed by atoms with van der Waals surface area (Å²) in [5.41, 5.74) is 4.28. The Hall–Kier alpha value is -3.69. The second kappa shape index (κ2) is 7.86. The molecule has 0 spiro atoms. The average Bonchev–Trinajstić information content (AvgIpc) is 3.17. The summed E-state index contributed by atoms with van der Waals surface area (Å²) < 4.78 is 5.07. The van der Waals surface area contributed by atoms with Crippen LogP contribution in [0.5, 0.6) is 0 Å². The molecular weight excluding hydrogens is 390 g/mol. The molecule has 0 atom stereocenters. The lowest BCUT2D eigenvalue weighted by atomic mass is 10.0. The summed E-state index contributed by atoms with van der Waals surface area (Å²) in [5.74, 6) is -0.158. The minimum absolute atomic E-state index is 0.0900. The molecule has 2 aliphatic rings. The van der Waals surface area contributed by atoms with Crippen LogP contribution in [0, 0.1) is 11.3 Å². The van der Waals surface area contributed by atoms with Gasteiger partial charge in [-0.05, 0) is 53.1 Å². The van der Waals surface area contributed by atoms with Gasteiger partial charge in [0.2, 0.25) is 5.91 Å². The molecule has 154 valence electrons. The van der Waals surface area contributed by atoms with Gasteiger partial charge in [-0.2, -0.15) is 5.26 Å². The van der Waals surface area contributed by atoms with Gasteiger partial charge in [-0.3, -0.25) is 9.69 Å². The van der Waals surface area contributed by atoms with Crippen LogP contribution < -0.4 is 4.90 Å². The van der Waals surface area contributed by atoms with E-state index in [4.69, 9.17) is 10.00 Å². The Morgan fingerprint density at radius 3 is 2.65 bits per heavy atom. The summed E-state index contributed by atoms with van der Waals surface area (Å²) in [6.07, 6.45) is 0.825. The van der Waals surface area contributed by atoms with Crippen molar-refractivity contribution < 1.29 is 14.3 Å². The zero-order chi connectivity index (χ0) is 21.4. The fraction of sp³-hybridized carbons (Fsp3) is 0.240. The summed E-state index contributed by atoms with van der Waals surface area (Å²) >= 11 is 0. The standard InChI is InChI=1S/C25H21N3O3/c26-14-18-1-3-20-13-22(5-4-19(20)12-18)28-10-9-27(15-24(28)29)8-7-17-2-6-23-21(11-17)16-31-25(23)30/h1-6,11-13H,7-10,15-16H2. The van der Waals surface area contributed by atoms with Crippen LogP contribution in [0.4, 0.5) is 5.69 Å². The predicted octanol–water partition coefficient (Wildman–Crippen LogP) is 3.27. The van der Waals surface area contributed by atoms with Gasteiger partial charge >= 0.3 is 5.97 Å². The number of nitrogens with zero attached hydrogens (tertiary/aromatic N) is 3. The topological polar surface area (TPSA) is 73.6 Å². The van der Waals surface area contributed by atoms with Gasteiger partial charge in [0, 0.05) is 30.9 Å². The minimum Gasteiger partial charge on any atom is -0.457 e. The van der Waals surface area contributed by atoms with Gasteiger partial charge < -0.3 is 9.64 Å². The zero-order valence-corrected chi connectivity index (χ0v) is 17.0. The Labute approximate surface area is 180 Å². The van der Waals surface area contributed by atoms with Gasteiger partial charge in [0.25, 0.3) is 0 Å². The molecular formula is C25H21N3O3. The number of carbonyl (C=O) groups excluding carboxylic acids is 2. The monoisotopic (exact) mass is 411 g/mol. The Morgan fingerprint density at radius 2 is 1.81 bits per heavy atom. The van der Waals surface area contributed by atoms with Crippen molar-refractivity contribution >= 4 is 28.3 Å². The van der Waals surface area contributed by atoms with Crippen molar-refractivity contribution in [3.05, 3.63) is 76.9 Å². The lowest BCUT2D eigenvalue weighted by Gasteiger charge is -2.34. The first-order valence-corrected chi connectivity index (χ1v) is 10.4. The molecule has 0 aliphatic carbocycles. The summed E-state index contributed by atoms with van der Waals surface area (Å²) in [4.78, 5) is 28.4. The largest absolute Gasteiger partial charge is 0.457 e. The molecule has 6 nitrogen and oxygen atoms in total. The molecule has 6 heteroatoms. The van der Waals surface area contributed by atoms with Crippen molar-refractivity contribution in [2.24, 2.45) is 0 Å². The maximum Gasteiger partial charge on any atom is 0.338 e. The van der Waals surface area contributed by atoms with E-state index in [2.05, 4.69) is 11.0 Å². The lowest BCUT2D eigenvalue weighted by Crippen LogP contribution is -2.50. The number of carbonyl (C=O) groups is 2. The molecule has 1 saturated heterocycles. The molecule has 1 amide bonds. The van der Waals surface area contributed by atoms with Gasteiger partial charge in [0.15, 0.2) is 0 Å². The molecule has 0 unspecified atom stereocenters.